The number of nitrogens with zero attached hydrogens (tertiary/aromatic N) is 1. The van der Waals surface area contributed by atoms with E-state index in [1.165, 1.54) is 12.8 Å². The van der Waals surface area contributed by atoms with Gasteiger partial charge in [-0.1, -0.05) is 55.3 Å². The third-order valence-electron chi connectivity index (χ3n) is 9.12. The number of carbonyl (C=O) groups excluding carboxylic acids is 1. The zero-order chi connectivity index (χ0) is 29.8. The summed E-state index contributed by atoms with van der Waals surface area (Å²) in [4.78, 5) is 14.9. The second-order valence-electron chi connectivity index (χ2n) is 13.9. The van der Waals surface area contributed by atoms with Gasteiger partial charge in [0.05, 0.1) is 18.3 Å². The van der Waals surface area contributed by atoms with E-state index < -0.39 is 17.5 Å². The fourth-order valence-electron chi connectivity index (χ4n) is 7.23. The van der Waals surface area contributed by atoms with Crippen LogP contribution in [0.4, 0.5) is 4.79 Å². The Hall–Kier alpha value is -1.93. The molecule has 7 heteroatoms. The van der Waals surface area contributed by atoms with Crippen LogP contribution in [0.1, 0.15) is 92.1 Å². The largest absolute Gasteiger partial charge is 0.444 e. The van der Waals surface area contributed by atoms with Gasteiger partial charge >= 0.3 is 6.09 Å². The Kier molecular flexibility index (Phi) is 10.6. The fraction of sp³-hybridized carbons (Fsp3) is 0.735. The average molecular weight is 572 g/mol. The molecule has 230 valence electrons. The molecule has 0 spiro atoms. The van der Waals surface area contributed by atoms with Gasteiger partial charge in [0.1, 0.15) is 5.60 Å². The first-order chi connectivity index (χ1) is 19.4. The molecule has 2 saturated carbocycles. The number of rotatable bonds is 10. The summed E-state index contributed by atoms with van der Waals surface area (Å²) < 4.78 is 18.4. The van der Waals surface area contributed by atoms with Crippen LogP contribution < -0.4 is 0 Å². The normalized spacial score (nSPS) is 30.8. The van der Waals surface area contributed by atoms with Crippen LogP contribution in [0, 0.1) is 23.7 Å². The molecule has 7 nitrogen and oxygen atoms in total. The first-order valence-electron chi connectivity index (χ1n) is 15.7. The lowest BCUT2D eigenvalue weighted by Gasteiger charge is -2.49. The van der Waals surface area contributed by atoms with Gasteiger partial charge in [0.25, 0.3) is 0 Å². The van der Waals surface area contributed by atoms with Crippen LogP contribution >= 0.6 is 0 Å². The average Bonchev–Trinajstić information content (AvgIpc) is 3.24. The van der Waals surface area contributed by atoms with Crippen molar-refractivity contribution in [3.05, 3.63) is 48.0 Å². The lowest BCUT2D eigenvalue weighted by Crippen LogP contribution is -2.53. The summed E-state index contributed by atoms with van der Waals surface area (Å²) in [7, 11) is 0. The van der Waals surface area contributed by atoms with Crippen molar-refractivity contribution in [2.45, 2.75) is 129 Å². The van der Waals surface area contributed by atoms with Gasteiger partial charge in [0.15, 0.2) is 5.79 Å². The molecule has 1 saturated heterocycles. The third-order valence-corrected chi connectivity index (χ3v) is 9.12. The van der Waals surface area contributed by atoms with Crippen LogP contribution in [-0.2, 0) is 20.8 Å². The lowest BCUT2D eigenvalue weighted by molar-refractivity contribution is -0.153. The highest BCUT2D eigenvalue weighted by molar-refractivity contribution is 5.68. The predicted octanol–water partition coefficient (Wildman–Crippen LogP) is 6.46. The van der Waals surface area contributed by atoms with Crippen molar-refractivity contribution in [1.29, 1.82) is 0 Å². The molecule has 1 aliphatic heterocycles. The molecular formula is C34H53NO6. The van der Waals surface area contributed by atoms with Crippen LogP contribution in [0.2, 0.25) is 0 Å². The van der Waals surface area contributed by atoms with Gasteiger partial charge in [-0.15, -0.1) is 0 Å². The first kappa shape index (κ1) is 32.0. The number of benzene rings is 1. The number of allylic oxidation sites excluding steroid dienone is 1. The lowest BCUT2D eigenvalue weighted by atomic mass is 9.59. The van der Waals surface area contributed by atoms with Gasteiger partial charge in [-0.3, -0.25) is 0 Å². The fourth-order valence-corrected chi connectivity index (χ4v) is 7.23. The number of carbonyl (C=O) groups is 1. The second-order valence-corrected chi connectivity index (χ2v) is 13.9. The number of fused-ring (bicyclic) bond motifs is 3. The summed E-state index contributed by atoms with van der Waals surface area (Å²) in [6.07, 6.45) is 9.91. The Morgan fingerprint density at radius 3 is 2.41 bits per heavy atom. The molecule has 1 amide bonds. The molecule has 41 heavy (non-hydrogen) atoms. The standard InChI is InChI=1S/C34H53NO6/c1-23(35(32(38)41-33(2,3)4)21-24-14-8-7-9-15-24)13-12-16-25(37)19-20-27-26-17-10-11-18-28(26)30-31(29(27)22-36)40-34(5,6)39-30/h7-9,14-15,19-20,23,25-31,36-37H,10-13,16-18,21-22H2,1-6H3/b20-19+/t23-,25?,26?,27?,28+,29-,30-,31-/m1/s1. The van der Waals surface area contributed by atoms with E-state index in [1.807, 2.05) is 78.0 Å². The smallest absolute Gasteiger partial charge is 0.410 e. The molecule has 8 atom stereocenters. The van der Waals surface area contributed by atoms with Gasteiger partial charge in [0, 0.05) is 25.1 Å². The molecule has 4 rings (SSSR count). The van der Waals surface area contributed by atoms with Crippen LogP contribution in [0.25, 0.3) is 0 Å². The summed E-state index contributed by atoms with van der Waals surface area (Å²) in [5.74, 6) is 0.349. The molecule has 0 aromatic heterocycles. The van der Waals surface area contributed by atoms with E-state index >= 15 is 0 Å². The molecular weight excluding hydrogens is 518 g/mol. The van der Waals surface area contributed by atoms with E-state index in [2.05, 4.69) is 6.08 Å². The van der Waals surface area contributed by atoms with Gasteiger partial charge in [-0.25, -0.2) is 4.79 Å². The summed E-state index contributed by atoms with van der Waals surface area (Å²) in [6.45, 7) is 12.2. The van der Waals surface area contributed by atoms with E-state index in [0.717, 1.165) is 31.2 Å². The quantitative estimate of drug-likeness (QED) is 0.313. The first-order valence-corrected chi connectivity index (χ1v) is 15.7. The van der Waals surface area contributed by atoms with Gasteiger partial charge < -0.3 is 29.3 Å². The van der Waals surface area contributed by atoms with Gasteiger partial charge in [-0.2, -0.15) is 0 Å². The highest BCUT2D eigenvalue weighted by Gasteiger charge is 2.57. The molecule has 2 N–H and O–H groups in total. The van der Waals surface area contributed by atoms with E-state index in [0.29, 0.717) is 24.8 Å². The number of hydrogen-bond acceptors (Lipinski definition) is 6. The maximum Gasteiger partial charge on any atom is 0.410 e. The van der Waals surface area contributed by atoms with Crippen molar-refractivity contribution in [3.63, 3.8) is 0 Å². The topological polar surface area (TPSA) is 88.5 Å². The molecule has 0 radical (unpaired) electrons. The number of aliphatic hydroxyl groups excluding tert-OH is 2. The van der Waals surface area contributed by atoms with Gasteiger partial charge in [0.2, 0.25) is 0 Å². The minimum atomic E-state index is -0.632. The van der Waals surface area contributed by atoms with Crippen molar-refractivity contribution in [2.75, 3.05) is 6.61 Å². The minimum absolute atomic E-state index is 0.0346. The van der Waals surface area contributed by atoms with Crippen LogP contribution in [0.3, 0.4) is 0 Å². The number of hydrogen-bond donors (Lipinski definition) is 2. The predicted molar refractivity (Wildman–Crippen MR) is 160 cm³/mol. The summed E-state index contributed by atoms with van der Waals surface area (Å²) >= 11 is 0. The van der Waals surface area contributed by atoms with Crippen LogP contribution in [-0.4, -0.2) is 63.6 Å². The zero-order valence-corrected chi connectivity index (χ0v) is 26.0. The maximum absolute atomic E-state index is 13.1. The summed E-state index contributed by atoms with van der Waals surface area (Å²) in [5.41, 5.74) is 0.489. The van der Waals surface area contributed by atoms with Crippen LogP contribution in [0.5, 0.6) is 0 Å². The Bertz CT molecular complexity index is 1000. The van der Waals surface area contributed by atoms with E-state index in [-0.39, 0.29) is 42.8 Å². The highest BCUT2D eigenvalue weighted by atomic mass is 16.8. The summed E-state index contributed by atoms with van der Waals surface area (Å²) in [6, 6.07) is 9.93. The molecule has 0 bridgehead atoms. The maximum atomic E-state index is 13.1. The van der Waals surface area contributed by atoms with E-state index in [1.54, 1.807) is 4.90 Å². The van der Waals surface area contributed by atoms with Crippen molar-refractivity contribution in [3.8, 4) is 0 Å². The van der Waals surface area contributed by atoms with E-state index in [9.17, 15) is 15.0 Å². The van der Waals surface area contributed by atoms with Crippen LogP contribution in [0.15, 0.2) is 42.5 Å². The van der Waals surface area contributed by atoms with Crippen molar-refractivity contribution in [2.24, 2.45) is 23.7 Å². The van der Waals surface area contributed by atoms with E-state index in [4.69, 9.17) is 14.2 Å². The molecule has 1 heterocycles. The molecule has 3 aliphatic rings. The van der Waals surface area contributed by atoms with Gasteiger partial charge in [-0.05, 0) is 97.0 Å². The van der Waals surface area contributed by atoms with Crippen molar-refractivity contribution in [1.82, 2.24) is 4.90 Å². The highest BCUT2D eigenvalue weighted by Crippen LogP contribution is 2.53. The monoisotopic (exact) mass is 571 g/mol. The molecule has 2 aliphatic carbocycles. The van der Waals surface area contributed by atoms with Crippen molar-refractivity contribution < 1.29 is 29.2 Å². The minimum Gasteiger partial charge on any atom is -0.444 e. The Morgan fingerprint density at radius 1 is 1.10 bits per heavy atom. The Labute approximate surface area is 247 Å². The van der Waals surface area contributed by atoms with Crippen molar-refractivity contribution >= 4 is 6.09 Å². The Balaban J connectivity index is 1.36. The molecule has 1 aromatic carbocycles. The number of amides is 1. The Morgan fingerprint density at radius 2 is 1.76 bits per heavy atom. The zero-order valence-electron chi connectivity index (χ0n) is 26.0. The molecule has 3 unspecified atom stereocenters. The second kappa shape index (κ2) is 13.6. The third kappa shape index (κ3) is 8.34. The molecule has 1 aromatic rings. The summed E-state index contributed by atoms with van der Waals surface area (Å²) in [5, 5.41) is 21.4. The SMILES string of the molecule is C[C@H](CCCC(O)/C=C/C1C2CCCC[C@@H]2[C@H]2OC(C)(C)O[C@@H]2[C@@H]1CO)N(Cc1ccccc1)C(=O)OC(C)(C)C. The molecule has 3 fully saturated rings. The number of aliphatic hydroxyl groups is 2. The number of ether oxygens (including phenoxy) is 3.